The summed E-state index contributed by atoms with van der Waals surface area (Å²) >= 11 is 5.96. The molecular weight excluding hydrogens is 474 g/mol. The Morgan fingerprint density at radius 1 is 1.00 bits per heavy atom. The van der Waals surface area contributed by atoms with E-state index in [2.05, 4.69) is 0 Å². The number of methoxy groups -OCH3 is 1. The van der Waals surface area contributed by atoms with E-state index in [1.807, 2.05) is 30.3 Å². The van der Waals surface area contributed by atoms with Crippen molar-refractivity contribution in [3.05, 3.63) is 94.5 Å². The van der Waals surface area contributed by atoms with Crippen LogP contribution in [0.1, 0.15) is 34.8 Å². The number of hydrogen-bond donors (Lipinski definition) is 0. The van der Waals surface area contributed by atoms with E-state index in [1.54, 1.807) is 37.3 Å². The normalized spacial score (nSPS) is 11.4. The molecule has 3 aromatic rings. The quantitative estimate of drug-likeness (QED) is 0.331. The number of ether oxygens (including phenoxy) is 2. The summed E-state index contributed by atoms with van der Waals surface area (Å²) in [6.07, 6.45) is 1.38. The standard InChI is InChI=1S/C26H28ClNO5S/c1-3-33-26(29)21-11-12-22(25(18-21)32-2)19-28(17-7-10-20-8-5-4-6-9-20)34(30,31)24-15-13-23(27)14-16-24/h4-6,8-9,11-16,18H,3,7,10,17,19H2,1-2H3. The molecule has 0 aliphatic rings. The van der Waals surface area contributed by atoms with E-state index in [4.69, 9.17) is 21.1 Å². The van der Waals surface area contributed by atoms with Crippen LogP contribution in [0.3, 0.4) is 0 Å². The third-order valence-electron chi connectivity index (χ3n) is 5.31. The molecule has 0 heterocycles. The molecule has 0 saturated heterocycles. The van der Waals surface area contributed by atoms with Crippen molar-refractivity contribution in [3.8, 4) is 5.75 Å². The minimum absolute atomic E-state index is 0.0893. The smallest absolute Gasteiger partial charge is 0.338 e. The van der Waals surface area contributed by atoms with Gasteiger partial charge in [0.25, 0.3) is 0 Å². The molecule has 0 saturated carbocycles. The van der Waals surface area contributed by atoms with Gasteiger partial charge in [-0.25, -0.2) is 13.2 Å². The van der Waals surface area contributed by atoms with Gasteiger partial charge in [-0.2, -0.15) is 4.31 Å². The van der Waals surface area contributed by atoms with Crippen LogP contribution in [0, 0.1) is 0 Å². The van der Waals surface area contributed by atoms with Crippen molar-refractivity contribution in [2.45, 2.75) is 31.2 Å². The summed E-state index contributed by atoms with van der Waals surface area (Å²) in [6.45, 7) is 2.39. The molecule has 0 aliphatic carbocycles. The molecule has 0 amide bonds. The van der Waals surface area contributed by atoms with Crippen molar-refractivity contribution in [3.63, 3.8) is 0 Å². The van der Waals surface area contributed by atoms with Gasteiger partial charge in [-0.15, -0.1) is 0 Å². The molecule has 3 aromatic carbocycles. The van der Waals surface area contributed by atoms with Gasteiger partial charge in [0.2, 0.25) is 10.0 Å². The summed E-state index contributed by atoms with van der Waals surface area (Å²) in [7, 11) is -2.32. The van der Waals surface area contributed by atoms with E-state index in [9.17, 15) is 13.2 Å². The van der Waals surface area contributed by atoms with Crippen LogP contribution in [0.4, 0.5) is 0 Å². The van der Waals surface area contributed by atoms with Gasteiger partial charge < -0.3 is 9.47 Å². The first-order valence-electron chi connectivity index (χ1n) is 11.0. The Hall–Kier alpha value is -2.87. The van der Waals surface area contributed by atoms with Gasteiger partial charge >= 0.3 is 5.97 Å². The molecule has 180 valence electrons. The first-order chi connectivity index (χ1) is 16.3. The van der Waals surface area contributed by atoms with Crippen molar-refractivity contribution in [2.75, 3.05) is 20.3 Å². The predicted octanol–water partition coefficient (Wildman–Crippen LogP) is 5.35. The van der Waals surface area contributed by atoms with Crippen LogP contribution in [-0.4, -0.2) is 39.0 Å². The second kappa shape index (κ2) is 12.0. The van der Waals surface area contributed by atoms with Crippen LogP contribution >= 0.6 is 11.6 Å². The number of benzene rings is 3. The molecule has 34 heavy (non-hydrogen) atoms. The van der Waals surface area contributed by atoms with Crippen molar-refractivity contribution >= 4 is 27.6 Å². The predicted molar refractivity (Wildman–Crippen MR) is 133 cm³/mol. The number of rotatable bonds is 11. The number of carbonyl (C=O) groups is 1. The van der Waals surface area contributed by atoms with Gasteiger partial charge in [0.05, 0.1) is 24.2 Å². The monoisotopic (exact) mass is 501 g/mol. The molecular formula is C26H28ClNO5S. The third-order valence-corrected chi connectivity index (χ3v) is 7.42. The molecule has 0 aromatic heterocycles. The van der Waals surface area contributed by atoms with Crippen LogP contribution in [0.25, 0.3) is 0 Å². The molecule has 0 bridgehead atoms. The number of esters is 1. The molecule has 0 unspecified atom stereocenters. The maximum atomic E-state index is 13.5. The highest BCUT2D eigenvalue weighted by Gasteiger charge is 2.26. The van der Waals surface area contributed by atoms with E-state index in [1.165, 1.54) is 23.5 Å². The van der Waals surface area contributed by atoms with E-state index in [-0.39, 0.29) is 18.0 Å². The van der Waals surface area contributed by atoms with Gasteiger partial charge in [0.1, 0.15) is 5.75 Å². The van der Waals surface area contributed by atoms with E-state index < -0.39 is 16.0 Å². The van der Waals surface area contributed by atoms with Gasteiger partial charge in [-0.3, -0.25) is 0 Å². The fourth-order valence-corrected chi connectivity index (χ4v) is 5.13. The molecule has 0 N–H and O–H groups in total. The topological polar surface area (TPSA) is 72.9 Å². The fourth-order valence-electron chi connectivity index (χ4n) is 3.55. The first-order valence-corrected chi connectivity index (χ1v) is 12.8. The third kappa shape index (κ3) is 6.59. The van der Waals surface area contributed by atoms with E-state index >= 15 is 0 Å². The Morgan fingerprint density at radius 2 is 1.71 bits per heavy atom. The van der Waals surface area contributed by atoms with Gasteiger partial charge in [0, 0.05) is 23.7 Å². The van der Waals surface area contributed by atoms with Crippen LogP contribution in [0.15, 0.2) is 77.7 Å². The van der Waals surface area contributed by atoms with Crippen molar-refractivity contribution in [1.82, 2.24) is 4.31 Å². The zero-order valence-electron chi connectivity index (χ0n) is 19.2. The maximum absolute atomic E-state index is 13.5. The number of hydrogen-bond acceptors (Lipinski definition) is 5. The van der Waals surface area contributed by atoms with Crippen molar-refractivity contribution < 1.29 is 22.7 Å². The summed E-state index contributed by atoms with van der Waals surface area (Å²) < 4.78 is 39.0. The number of sulfonamides is 1. The largest absolute Gasteiger partial charge is 0.496 e. The lowest BCUT2D eigenvalue weighted by molar-refractivity contribution is 0.0526. The van der Waals surface area contributed by atoms with Crippen LogP contribution in [-0.2, 0) is 27.7 Å². The zero-order chi connectivity index (χ0) is 24.6. The summed E-state index contributed by atoms with van der Waals surface area (Å²) in [5.41, 5.74) is 2.13. The number of carbonyl (C=O) groups excluding carboxylic acids is 1. The highest BCUT2D eigenvalue weighted by molar-refractivity contribution is 7.89. The lowest BCUT2D eigenvalue weighted by Gasteiger charge is -2.23. The van der Waals surface area contributed by atoms with Gasteiger partial charge in [0.15, 0.2) is 0 Å². The summed E-state index contributed by atoms with van der Waals surface area (Å²) in [5.74, 6) is -0.0363. The summed E-state index contributed by atoms with van der Waals surface area (Å²) in [6, 6.07) is 20.9. The van der Waals surface area contributed by atoms with Crippen LogP contribution in [0.2, 0.25) is 5.02 Å². The van der Waals surface area contributed by atoms with Crippen molar-refractivity contribution in [1.29, 1.82) is 0 Å². The highest BCUT2D eigenvalue weighted by Crippen LogP contribution is 2.26. The molecule has 3 rings (SSSR count). The second-order valence-electron chi connectivity index (χ2n) is 7.63. The zero-order valence-corrected chi connectivity index (χ0v) is 20.8. The first kappa shape index (κ1) is 25.7. The van der Waals surface area contributed by atoms with Crippen LogP contribution in [0.5, 0.6) is 5.75 Å². The Morgan fingerprint density at radius 3 is 2.35 bits per heavy atom. The second-order valence-corrected chi connectivity index (χ2v) is 10.0. The van der Waals surface area contributed by atoms with Gasteiger partial charge in [-0.1, -0.05) is 48.0 Å². The highest BCUT2D eigenvalue weighted by atomic mass is 35.5. The average molecular weight is 502 g/mol. The number of nitrogens with zero attached hydrogens (tertiary/aromatic N) is 1. The molecule has 0 fully saturated rings. The average Bonchev–Trinajstić information content (AvgIpc) is 2.84. The Labute approximate surface area is 206 Å². The SMILES string of the molecule is CCOC(=O)c1ccc(CN(CCCc2ccccc2)S(=O)(=O)c2ccc(Cl)cc2)c(OC)c1. The number of halogens is 1. The Kier molecular flexibility index (Phi) is 9.10. The van der Waals surface area contributed by atoms with Crippen LogP contribution < -0.4 is 4.74 Å². The Bertz CT molecular complexity index is 1200. The lowest BCUT2D eigenvalue weighted by atomic mass is 10.1. The molecule has 6 nitrogen and oxygen atoms in total. The summed E-state index contributed by atoms with van der Waals surface area (Å²) in [5, 5.41) is 0.464. The van der Waals surface area contributed by atoms with Gasteiger partial charge in [-0.05, 0) is 61.7 Å². The molecule has 0 radical (unpaired) electrons. The fraction of sp³-hybridized carbons (Fsp3) is 0.269. The minimum atomic E-state index is -3.80. The lowest BCUT2D eigenvalue weighted by Crippen LogP contribution is -2.32. The van der Waals surface area contributed by atoms with E-state index in [0.717, 1.165) is 12.0 Å². The minimum Gasteiger partial charge on any atom is -0.496 e. The molecule has 8 heteroatoms. The summed E-state index contributed by atoms with van der Waals surface area (Å²) in [4.78, 5) is 12.3. The maximum Gasteiger partial charge on any atom is 0.338 e. The molecule has 0 aliphatic heterocycles. The van der Waals surface area contributed by atoms with E-state index in [0.29, 0.717) is 34.9 Å². The molecule has 0 spiro atoms. The molecule has 0 atom stereocenters. The Balaban J connectivity index is 1.88. The van der Waals surface area contributed by atoms with Crippen molar-refractivity contribution in [2.24, 2.45) is 0 Å². The number of aryl methyl sites for hydroxylation is 1.